The summed E-state index contributed by atoms with van der Waals surface area (Å²) < 4.78 is 26.9. The summed E-state index contributed by atoms with van der Waals surface area (Å²) >= 11 is 5.33. The molecule has 0 radical (unpaired) electrons. The van der Waals surface area contributed by atoms with Crippen LogP contribution in [0.4, 0.5) is 0 Å². The Kier molecular flexibility index (Phi) is 4.59. The van der Waals surface area contributed by atoms with Crippen LogP contribution in [0.15, 0.2) is 20.9 Å². The first-order valence-electron chi connectivity index (χ1n) is 5.23. The summed E-state index contributed by atoms with van der Waals surface area (Å²) in [5, 5.41) is 9.51. The van der Waals surface area contributed by atoms with Gasteiger partial charge in [-0.3, -0.25) is 0 Å². The number of halogens is 1. The number of aromatic nitrogens is 1. The van der Waals surface area contributed by atoms with Crippen molar-refractivity contribution in [3.8, 4) is 0 Å². The summed E-state index contributed by atoms with van der Waals surface area (Å²) in [6, 6.07) is 1.13. The van der Waals surface area contributed by atoms with E-state index in [-0.39, 0.29) is 20.1 Å². The molecule has 0 bridgehead atoms. The van der Waals surface area contributed by atoms with Gasteiger partial charge in [0.1, 0.15) is 14.8 Å². The Balaban J connectivity index is 2.20. The number of carbonyl (C=O) groups is 1. The fraction of sp³-hybridized carbons (Fsp3) is 0.200. The molecule has 108 valence electrons. The van der Waals surface area contributed by atoms with Crippen LogP contribution in [0.25, 0.3) is 0 Å². The number of thiazole rings is 1. The molecular weight excluding hydrogens is 388 g/mol. The van der Waals surface area contributed by atoms with E-state index in [2.05, 4.69) is 25.6 Å². The Morgan fingerprint density at radius 1 is 1.50 bits per heavy atom. The number of nitrogens with one attached hydrogen (secondary N) is 1. The van der Waals surface area contributed by atoms with Crippen LogP contribution in [-0.2, 0) is 16.6 Å². The van der Waals surface area contributed by atoms with Gasteiger partial charge in [-0.25, -0.2) is 22.9 Å². The van der Waals surface area contributed by atoms with Crippen molar-refractivity contribution in [2.45, 2.75) is 18.4 Å². The van der Waals surface area contributed by atoms with Gasteiger partial charge in [-0.15, -0.1) is 22.7 Å². The molecular formula is C10H9BrN2O4S3. The second kappa shape index (κ2) is 5.90. The summed E-state index contributed by atoms with van der Waals surface area (Å²) in [6.07, 6.45) is 1.66. The number of aromatic carboxylic acids is 1. The molecule has 0 saturated heterocycles. The predicted molar refractivity (Wildman–Crippen MR) is 79.9 cm³/mol. The molecule has 0 fully saturated rings. The highest BCUT2D eigenvalue weighted by Crippen LogP contribution is 2.31. The molecule has 0 saturated carbocycles. The zero-order chi connectivity index (χ0) is 14.9. The summed E-state index contributed by atoms with van der Waals surface area (Å²) in [7, 11) is -3.78. The molecule has 2 aromatic rings. The van der Waals surface area contributed by atoms with Gasteiger partial charge < -0.3 is 5.11 Å². The van der Waals surface area contributed by atoms with Gasteiger partial charge in [0, 0.05) is 11.1 Å². The highest BCUT2D eigenvalue weighted by atomic mass is 79.9. The fourth-order valence-corrected chi connectivity index (χ4v) is 5.57. The van der Waals surface area contributed by atoms with Gasteiger partial charge in [0.05, 0.1) is 10.3 Å². The number of carboxylic acids is 1. The molecule has 0 spiro atoms. The third-order valence-corrected chi connectivity index (χ3v) is 6.79. The van der Waals surface area contributed by atoms with E-state index in [0.29, 0.717) is 5.01 Å². The van der Waals surface area contributed by atoms with Gasteiger partial charge in [0.2, 0.25) is 10.0 Å². The normalized spacial score (nSPS) is 11.7. The van der Waals surface area contributed by atoms with Gasteiger partial charge in [0.25, 0.3) is 0 Å². The Labute approximate surface area is 131 Å². The zero-order valence-corrected chi connectivity index (χ0v) is 14.1. The molecule has 6 nitrogen and oxygen atoms in total. The van der Waals surface area contributed by atoms with Crippen LogP contribution in [0.5, 0.6) is 0 Å². The van der Waals surface area contributed by atoms with Crippen molar-refractivity contribution in [3.05, 3.63) is 30.8 Å². The first kappa shape index (κ1) is 15.6. The number of sulfonamides is 1. The van der Waals surface area contributed by atoms with E-state index in [0.717, 1.165) is 22.3 Å². The monoisotopic (exact) mass is 396 g/mol. The minimum atomic E-state index is -3.78. The quantitative estimate of drug-likeness (QED) is 0.808. The first-order chi connectivity index (χ1) is 9.29. The van der Waals surface area contributed by atoms with Crippen molar-refractivity contribution in [2.75, 3.05) is 0 Å². The van der Waals surface area contributed by atoms with Gasteiger partial charge in [-0.1, -0.05) is 0 Å². The number of aryl methyl sites for hydroxylation is 1. The molecule has 0 aromatic carbocycles. The average molecular weight is 397 g/mol. The molecule has 2 aromatic heterocycles. The Morgan fingerprint density at radius 3 is 2.70 bits per heavy atom. The van der Waals surface area contributed by atoms with Crippen molar-refractivity contribution < 1.29 is 18.3 Å². The van der Waals surface area contributed by atoms with Crippen molar-refractivity contribution >= 4 is 54.6 Å². The van der Waals surface area contributed by atoms with E-state index in [1.54, 1.807) is 6.20 Å². The first-order valence-corrected chi connectivity index (χ1v) is 9.14. The number of hydrogen-bond donors (Lipinski definition) is 2. The number of thiophene rings is 1. The standard InChI is InChI=1S/C10H9BrN2O4S3/c1-5-3-12-8(18-5)4-13-20(16,17)7-2-6(10(14)15)19-9(7)11/h2-3,13H,4H2,1H3,(H,14,15). The zero-order valence-electron chi connectivity index (χ0n) is 10.1. The smallest absolute Gasteiger partial charge is 0.345 e. The van der Waals surface area contributed by atoms with Gasteiger partial charge in [0.15, 0.2) is 0 Å². The lowest BCUT2D eigenvalue weighted by Crippen LogP contribution is -2.23. The maximum atomic E-state index is 12.1. The summed E-state index contributed by atoms with van der Waals surface area (Å²) in [5.41, 5.74) is 0. The average Bonchev–Trinajstić information content (AvgIpc) is 2.93. The maximum absolute atomic E-state index is 12.1. The van der Waals surface area contributed by atoms with Crippen LogP contribution in [0.3, 0.4) is 0 Å². The second-order valence-corrected chi connectivity index (χ2v) is 9.17. The van der Waals surface area contributed by atoms with Gasteiger partial charge in [-0.2, -0.15) is 0 Å². The van der Waals surface area contributed by atoms with Gasteiger partial charge >= 0.3 is 5.97 Å². The summed E-state index contributed by atoms with van der Waals surface area (Å²) in [4.78, 5) is 15.8. The van der Waals surface area contributed by atoms with Crippen molar-refractivity contribution in [1.29, 1.82) is 0 Å². The maximum Gasteiger partial charge on any atom is 0.345 e. The summed E-state index contributed by atoms with van der Waals surface area (Å²) in [6.45, 7) is 1.95. The molecule has 2 rings (SSSR count). The van der Waals surface area contributed by atoms with Gasteiger partial charge in [-0.05, 0) is 28.9 Å². The number of rotatable bonds is 5. The van der Waals surface area contributed by atoms with E-state index >= 15 is 0 Å². The van der Waals surface area contributed by atoms with Crippen LogP contribution >= 0.6 is 38.6 Å². The van der Waals surface area contributed by atoms with E-state index < -0.39 is 16.0 Å². The van der Waals surface area contributed by atoms with Crippen LogP contribution in [0.1, 0.15) is 19.6 Å². The molecule has 0 amide bonds. The van der Waals surface area contributed by atoms with Crippen molar-refractivity contribution in [3.63, 3.8) is 0 Å². The van der Waals surface area contributed by atoms with Crippen LogP contribution in [0, 0.1) is 6.92 Å². The predicted octanol–water partition coefficient (Wildman–Crippen LogP) is 2.45. The number of hydrogen-bond acceptors (Lipinski definition) is 6. The van der Waals surface area contributed by atoms with Crippen LogP contribution < -0.4 is 4.72 Å². The lowest BCUT2D eigenvalue weighted by molar-refractivity contribution is 0.0702. The van der Waals surface area contributed by atoms with Crippen LogP contribution in [0.2, 0.25) is 0 Å². The Hall–Kier alpha value is -0.810. The summed E-state index contributed by atoms with van der Waals surface area (Å²) in [5.74, 6) is -1.16. The SMILES string of the molecule is Cc1cnc(CNS(=O)(=O)c2cc(C(=O)O)sc2Br)s1. The van der Waals surface area contributed by atoms with E-state index in [1.807, 2.05) is 6.92 Å². The molecule has 10 heteroatoms. The second-order valence-electron chi connectivity index (χ2n) is 3.74. The molecule has 2 heterocycles. The minimum Gasteiger partial charge on any atom is -0.477 e. The van der Waals surface area contributed by atoms with E-state index in [1.165, 1.54) is 11.3 Å². The topological polar surface area (TPSA) is 96.4 Å². The largest absolute Gasteiger partial charge is 0.477 e. The van der Waals surface area contributed by atoms with E-state index in [4.69, 9.17) is 5.11 Å². The molecule has 0 aliphatic carbocycles. The Bertz CT molecular complexity index is 750. The van der Waals surface area contributed by atoms with E-state index in [9.17, 15) is 13.2 Å². The fourth-order valence-electron chi connectivity index (χ4n) is 1.36. The van der Waals surface area contributed by atoms with Crippen molar-refractivity contribution in [2.24, 2.45) is 0 Å². The number of carboxylic acid groups (broad SMARTS) is 1. The van der Waals surface area contributed by atoms with Crippen molar-refractivity contribution in [1.82, 2.24) is 9.71 Å². The highest BCUT2D eigenvalue weighted by molar-refractivity contribution is 9.11. The molecule has 0 atom stereocenters. The lowest BCUT2D eigenvalue weighted by Gasteiger charge is -2.03. The third-order valence-electron chi connectivity index (χ3n) is 2.24. The van der Waals surface area contributed by atoms with Crippen LogP contribution in [-0.4, -0.2) is 24.5 Å². The third kappa shape index (κ3) is 3.44. The minimum absolute atomic E-state index is 0.0395. The molecule has 0 aliphatic rings. The molecule has 2 N–H and O–H groups in total. The Morgan fingerprint density at radius 2 is 2.20 bits per heavy atom. The highest BCUT2D eigenvalue weighted by Gasteiger charge is 2.23. The number of nitrogens with zero attached hydrogens (tertiary/aromatic N) is 1. The molecule has 0 aliphatic heterocycles. The lowest BCUT2D eigenvalue weighted by atomic mass is 10.5. The molecule has 20 heavy (non-hydrogen) atoms. The molecule has 0 unspecified atom stereocenters.